The molecule has 30 heavy (non-hydrogen) atoms. The molecule has 2 aromatic carbocycles. The number of fused-ring (bicyclic) bond motifs is 1. The van der Waals surface area contributed by atoms with Gasteiger partial charge in [0.25, 0.3) is 5.91 Å². The Kier molecular flexibility index (Phi) is 6.02. The average molecular weight is 405 g/mol. The number of rotatable bonds is 8. The van der Waals surface area contributed by atoms with E-state index in [-0.39, 0.29) is 11.9 Å². The third-order valence-electron chi connectivity index (χ3n) is 5.20. The lowest BCUT2D eigenvalue weighted by molar-refractivity contribution is 0.0950. The highest BCUT2D eigenvalue weighted by atomic mass is 16.3. The van der Waals surface area contributed by atoms with Crippen LogP contribution in [0.3, 0.4) is 0 Å². The number of urea groups is 1. The number of furan rings is 1. The van der Waals surface area contributed by atoms with Crippen LogP contribution in [0.4, 0.5) is 10.5 Å². The first kappa shape index (κ1) is 20.0. The topological polar surface area (TPSA) is 83.4 Å². The summed E-state index contributed by atoms with van der Waals surface area (Å²) >= 11 is 0. The number of para-hydroxylation sites is 1. The van der Waals surface area contributed by atoms with E-state index in [0.29, 0.717) is 23.8 Å². The number of unbranched alkanes of at least 4 members (excludes halogenated alkanes) is 1. The summed E-state index contributed by atoms with van der Waals surface area (Å²) in [5, 5.41) is 9.59. The number of hydrogen-bond donors (Lipinski definition) is 3. The van der Waals surface area contributed by atoms with E-state index in [1.54, 1.807) is 0 Å². The minimum atomic E-state index is -0.191. The van der Waals surface area contributed by atoms with Crippen molar-refractivity contribution in [1.29, 1.82) is 0 Å². The Morgan fingerprint density at radius 2 is 1.93 bits per heavy atom. The minimum absolute atomic E-state index is 0.143. The zero-order valence-corrected chi connectivity index (χ0v) is 17.2. The summed E-state index contributed by atoms with van der Waals surface area (Å²) in [7, 11) is 0. The molecule has 6 heteroatoms. The van der Waals surface area contributed by atoms with Crippen molar-refractivity contribution >= 4 is 28.6 Å². The molecule has 0 atom stereocenters. The maximum Gasteiger partial charge on any atom is 0.319 e. The highest BCUT2D eigenvalue weighted by Crippen LogP contribution is 2.27. The van der Waals surface area contributed by atoms with E-state index in [9.17, 15) is 9.59 Å². The maximum absolute atomic E-state index is 13.0. The maximum atomic E-state index is 13.0. The van der Waals surface area contributed by atoms with Crippen LogP contribution in [-0.2, 0) is 13.0 Å². The van der Waals surface area contributed by atoms with Crippen molar-refractivity contribution in [2.24, 2.45) is 0 Å². The smallest absolute Gasteiger partial charge is 0.319 e. The van der Waals surface area contributed by atoms with E-state index in [1.807, 2.05) is 48.5 Å². The van der Waals surface area contributed by atoms with Gasteiger partial charge in [-0.25, -0.2) is 4.79 Å². The Balaban J connectivity index is 1.44. The molecule has 1 aliphatic rings. The predicted octanol–water partition coefficient (Wildman–Crippen LogP) is 4.99. The van der Waals surface area contributed by atoms with Gasteiger partial charge in [0.1, 0.15) is 11.3 Å². The molecule has 1 fully saturated rings. The van der Waals surface area contributed by atoms with E-state index >= 15 is 0 Å². The van der Waals surface area contributed by atoms with E-state index in [0.717, 1.165) is 54.4 Å². The van der Waals surface area contributed by atoms with Gasteiger partial charge in [0, 0.05) is 30.1 Å². The van der Waals surface area contributed by atoms with Gasteiger partial charge in [0.2, 0.25) is 0 Å². The molecule has 3 aromatic rings. The lowest BCUT2D eigenvalue weighted by atomic mass is 10.1. The first-order valence-corrected chi connectivity index (χ1v) is 10.6. The van der Waals surface area contributed by atoms with E-state index in [1.165, 1.54) is 0 Å². The minimum Gasteiger partial charge on any atom is -0.460 e. The van der Waals surface area contributed by atoms with Gasteiger partial charge in [-0.05, 0) is 43.0 Å². The zero-order chi connectivity index (χ0) is 20.9. The SMILES string of the molecule is CCCCc1oc2ccccc2c1C(=O)NCc1cccc(NC(=O)NC2CC2)c1. The molecule has 0 aliphatic heterocycles. The highest BCUT2D eigenvalue weighted by Gasteiger charge is 2.23. The van der Waals surface area contributed by atoms with Crippen LogP contribution in [0.1, 0.15) is 54.3 Å². The Hall–Kier alpha value is -3.28. The molecule has 0 spiro atoms. The third-order valence-corrected chi connectivity index (χ3v) is 5.20. The van der Waals surface area contributed by atoms with E-state index < -0.39 is 0 Å². The number of nitrogens with one attached hydrogen (secondary N) is 3. The molecule has 1 heterocycles. The molecule has 0 radical (unpaired) electrons. The van der Waals surface area contributed by atoms with Gasteiger partial charge in [-0.3, -0.25) is 4.79 Å². The van der Waals surface area contributed by atoms with Crippen LogP contribution in [0.15, 0.2) is 52.9 Å². The van der Waals surface area contributed by atoms with Crippen LogP contribution >= 0.6 is 0 Å². The Morgan fingerprint density at radius 3 is 2.73 bits per heavy atom. The van der Waals surface area contributed by atoms with Crippen molar-refractivity contribution in [3.8, 4) is 0 Å². The molecule has 156 valence electrons. The lowest BCUT2D eigenvalue weighted by Crippen LogP contribution is -2.30. The second-order valence-corrected chi connectivity index (χ2v) is 7.76. The van der Waals surface area contributed by atoms with Crippen molar-refractivity contribution in [2.45, 2.75) is 51.6 Å². The first-order valence-electron chi connectivity index (χ1n) is 10.6. The largest absolute Gasteiger partial charge is 0.460 e. The van der Waals surface area contributed by atoms with Gasteiger partial charge in [-0.15, -0.1) is 0 Å². The summed E-state index contributed by atoms with van der Waals surface area (Å²) in [4.78, 5) is 25.0. The van der Waals surface area contributed by atoms with Crippen LogP contribution in [0.2, 0.25) is 0 Å². The zero-order valence-electron chi connectivity index (χ0n) is 17.2. The van der Waals surface area contributed by atoms with Crippen LogP contribution < -0.4 is 16.0 Å². The molecule has 4 rings (SSSR count). The summed E-state index contributed by atoms with van der Waals surface area (Å²) in [5.41, 5.74) is 2.98. The summed E-state index contributed by atoms with van der Waals surface area (Å²) < 4.78 is 5.96. The number of hydrogen-bond acceptors (Lipinski definition) is 3. The highest BCUT2D eigenvalue weighted by molar-refractivity contribution is 6.07. The number of carbonyl (C=O) groups excluding carboxylic acids is 2. The molecule has 3 N–H and O–H groups in total. The standard InChI is InChI=1S/C24H27N3O3/c1-2-3-10-21-22(19-9-4-5-11-20(19)30-21)23(28)25-15-16-7-6-8-18(14-16)27-24(29)26-17-12-13-17/h4-9,11,14,17H,2-3,10,12-13,15H2,1H3,(H,25,28)(H2,26,27,29). The first-order chi connectivity index (χ1) is 14.6. The summed E-state index contributed by atoms with van der Waals surface area (Å²) in [6.45, 7) is 2.49. The van der Waals surface area contributed by atoms with Gasteiger partial charge in [0.15, 0.2) is 0 Å². The van der Waals surface area contributed by atoms with Crippen LogP contribution in [0, 0.1) is 0 Å². The molecule has 3 amide bonds. The van der Waals surface area contributed by atoms with Crippen molar-refractivity contribution < 1.29 is 14.0 Å². The number of amides is 3. The van der Waals surface area contributed by atoms with Crippen molar-refractivity contribution in [3.05, 3.63) is 65.4 Å². The molecular formula is C24H27N3O3. The van der Waals surface area contributed by atoms with E-state index in [4.69, 9.17) is 4.42 Å². The fourth-order valence-electron chi connectivity index (χ4n) is 3.47. The summed E-state index contributed by atoms with van der Waals surface area (Å²) in [6.07, 6.45) is 4.83. The number of benzene rings is 2. The van der Waals surface area contributed by atoms with Gasteiger partial charge < -0.3 is 20.4 Å². The lowest BCUT2D eigenvalue weighted by Gasteiger charge is -2.10. The van der Waals surface area contributed by atoms with Crippen molar-refractivity contribution in [2.75, 3.05) is 5.32 Å². The second kappa shape index (κ2) is 9.03. The van der Waals surface area contributed by atoms with Crippen molar-refractivity contribution in [1.82, 2.24) is 10.6 Å². The van der Waals surface area contributed by atoms with Crippen molar-refractivity contribution in [3.63, 3.8) is 0 Å². The van der Waals surface area contributed by atoms with Crippen LogP contribution in [0.5, 0.6) is 0 Å². The number of anilines is 1. The molecule has 1 aromatic heterocycles. The summed E-state index contributed by atoms with van der Waals surface area (Å²) in [5.74, 6) is 0.596. The third kappa shape index (κ3) is 4.82. The Morgan fingerprint density at radius 1 is 1.10 bits per heavy atom. The van der Waals surface area contributed by atoms with Gasteiger partial charge in [0.05, 0.1) is 5.56 Å². The molecule has 0 unspecified atom stereocenters. The predicted molar refractivity (Wildman–Crippen MR) is 118 cm³/mol. The van der Waals surface area contributed by atoms with Gasteiger partial charge in [-0.1, -0.05) is 43.7 Å². The molecule has 0 bridgehead atoms. The molecule has 1 saturated carbocycles. The fraction of sp³-hybridized carbons (Fsp3) is 0.333. The number of carbonyl (C=O) groups is 2. The van der Waals surface area contributed by atoms with Gasteiger partial charge >= 0.3 is 6.03 Å². The van der Waals surface area contributed by atoms with Crippen LogP contribution in [-0.4, -0.2) is 18.0 Å². The average Bonchev–Trinajstić information content (AvgIpc) is 3.47. The second-order valence-electron chi connectivity index (χ2n) is 7.76. The monoisotopic (exact) mass is 405 g/mol. The number of aryl methyl sites for hydroxylation is 1. The van der Waals surface area contributed by atoms with Gasteiger partial charge in [-0.2, -0.15) is 0 Å². The van der Waals surface area contributed by atoms with Crippen LogP contribution in [0.25, 0.3) is 11.0 Å². The fourth-order valence-corrected chi connectivity index (χ4v) is 3.47. The Bertz CT molecular complexity index is 1050. The Labute approximate surface area is 176 Å². The molecule has 6 nitrogen and oxygen atoms in total. The van der Waals surface area contributed by atoms with E-state index in [2.05, 4.69) is 22.9 Å². The quantitative estimate of drug-likeness (QED) is 0.494. The molecule has 0 saturated heterocycles. The summed E-state index contributed by atoms with van der Waals surface area (Å²) in [6, 6.07) is 15.3. The molecular weight excluding hydrogens is 378 g/mol. The normalized spacial score (nSPS) is 13.2. The molecule has 1 aliphatic carbocycles.